The molecule has 0 fully saturated rings. The molecule has 0 amide bonds. The molecule has 9 heteroatoms. The van der Waals surface area contributed by atoms with Crippen molar-refractivity contribution < 1.29 is 22.7 Å². The first kappa shape index (κ1) is 16.3. The number of hydrogen-bond acceptors (Lipinski definition) is 4. The molecule has 0 aromatic heterocycles. The van der Waals surface area contributed by atoms with E-state index in [1.165, 1.54) is 6.92 Å². The molecule has 0 saturated heterocycles. The van der Waals surface area contributed by atoms with E-state index in [1.807, 2.05) is 0 Å². The van der Waals surface area contributed by atoms with Crippen LogP contribution in [-0.4, -0.2) is 41.0 Å². The first-order valence-corrected chi connectivity index (χ1v) is 5.99. The Kier molecular flexibility index (Phi) is 6.60. The van der Waals surface area contributed by atoms with Crippen LogP contribution in [0.5, 0.6) is 0 Å². The van der Waals surface area contributed by atoms with E-state index in [2.05, 4.69) is 14.2 Å². The van der Waals surface area contributed by atoms with E-state index in [9.17, 15) is 18.0 Å². The van der Waals surface area contributed by atoms with Gasteiger partial charge in [0.2, 0.25) is 0 Å². The van der Waals surface area contributed by atoms with E-state index >= 15 is 0 Å². The Bertz CT molecular complexity index is 355. The van der Waals surface area contributed by atoms with Gasteiger partial charge in [-0.25, -0.2) is 9.90 Å². The Hall–Kier alpha value is -0.708. The van der Waals surface area contributed by atoms with Crippen LogP contribution in [0, 0.1) is 0 Å². The molecule has 0 aromatic rings. The lowest BCUT2D eigenvalue weighted by molar-refractivity contribution is -0.138. The van der Waals surface area contributed by atoms with Gasteiger partial charge in [0.25, 0.3) is 0 Å². The standard InChI is InChI=1S/C8H10ClF3N2O2.Al.2H/c1-3-16-7(15)6(9)5(4(2)14-13)8(10,11)12;;;/h3H2,1-2H3,(H2,13,15);;;/q;+1;;/p-1. The van der Waals surface area contributed by atoms with Crippen LogP contribution >= 0.6 is 11.6 Å². The van der Waals surface area contributed by atoms with Gasteiger partial charge in [0.1, 0.15) is 10.6 Å². The number of carbonyl (C=O) groups excluding carboxylic acids is 1. The molecule has 0 unspecified atom stereocenters. The summed E-state index contributed by atoms with van der Waals surface area (Å²) in [5, 5.41) is 2.40. The maximum Gasteiger partial charge on any atom is 0.419 e. The molecule has 17 heavy (non-hydrogen) atoms. The van der Waals surface area contributed by atoms with Crippen LogP contribution in [0.4, 0.5) is 13.2 Å². The molecule has 0 aromatic carbocycles. The summed E-state index contributed by atoms with van der Waals surface area (Å²) in [7, 11) is 0. The summed E-state index contributed by atoms with van der Waals surface area (Å²) in [4.78, 5) is 11.2. The normalized spacial score (nSPS) is 14.1. The third kappa shape index (κ3) is 4.98. The molecule has 0 heterocycles. The molecule has 0 radical (unpaired) electrons. The molecular weight excluding hydrogens is 276 g/mol. The topological polar surface area (TPSA) is 50.7 Å². The minimum absolute atomic E-state index is 0.0602. The van der Waals surface area contributed by atoms with Crippen molar-refractivity contribution >= 4 is 39.8 Å². The predicted molar refractivity (Wildman–Crippen MR) is 60.4 cm³/mol. The number of esters is 1. The number of nitrogens with zero attached hydrogens (tertiary/aromatic N) is 1. The second kappa shape index (κ2) is 6.89. The fraction of sp³-hybridized carbons (Fsp3) is 0.500. The van der Waals surface area contributed by atoms with E-state index in [4.69, 9.17) is 11.6 Å². The molecular formula is C8H11AlClF3N2O2. The minimum Gasteiger partial charge on any atom is -0.462 e. The molecule has 96 valence electrons. The Morgan fingerprint density at radius 2 is 2.06 bits per heavy atom. The fourth-order valence-electron chi connectivity index (χ4n) is 1.01. The number of hydrazone groups is 1. The highest BCUT2D eigenvalue weighted by molar-refractivity contribution is 6.43. The van der Waals surface area contributed by atoms with Crippen molar-refractivity contribution in [2.75, 3.05) is 6.61 Å². The highest BCUT2D eigenvalue weighted by Crippen LogP contribution is 2.31. The van der Waals surface area contributed by atoms with Gasteiger partial charge in [0.15, 0.2) is 0 Å². The highest BCUT2D eigenvalue weighted by atomic mass is 35.5. The number of halogens is 4. The number of allylic oxidation sites excluding steroid dienone is 1. The summed E-state index contributed by atoms with van der Waals surface area (Å²) in [6.07, 6.45) is -4.77. The Morgan fingerprint density at radius 3 is 2.41 bits per heavy atom. The molecule has 0 rings (SSSR count). The highest BCUT2D eigenvalue weighted by Gasteiger charge is 2.40. The maximum atomic E-state index is 12.7. The number of ether oxygens (including phenoxy) is 1. The fourth-order valence-corrected chi connectivity index (χ4v) is 1.64. The summed E-state index contributed by atoms with van der Waals surface area (Å²) in [5.74, 6) is -1.22. The van der Waals surface area contributed by atoms with Crippen LogP contribution < -0.4 is 4.41 Å². The van der Waals surface area contributed by atoms with Gasteiger partial charge < -0.3 is 9.15 Å². The SMILES string of the molecule is CCOC(=O)/C(Cl)=C(\C(C)=N\[NH][AlH2])C(F)(F)F. The molecule has 1 N–H and O–H groups in total. The van der Waals surface area contributed by atoms with Gasteiger partial charge in [-0.05, 0) is 13.8 Å². The number of carbonyl (C=O) groups is 1. The molecule has 0 saturated carbocycles. The lowest BCUT2D eigenvalue weighted by Crippen LogP contribution is -2.24. The number of hydrogen-bond donors (Lipinski definition) is 1. The summed E-state index contributed by atoms with van der Waals surface area (Å²) in [5.41, 5.74) is -1.70. The molecule has 0 atom stereocenters. The molecule has 0 bridgehead atoms. The van der Waals surface area contributed by atoms with Crippen molar-refractivity contribution in [3.8, 4) is 0 Å². The zero-order chi connectivity index (χ0) is 13.6. The predicted octanol–water partition coefficient (Wildman–Crippen LogP) is 1.12. The number of nitrogens with one attached hydrogen (secondary N) is 1. The average Bonchev–Trinajstić information content (AvgIpc) is 2.16. The van der Waals surface area contributed by atoms with Crippen molar-refractivity contribution in [1.82, 2.24) is 4.41 Å². The minimum atomic E-state index is -4.77. The van der Waals surface area contributed by atoms with Gasteiger partial charge in [-0.3, -0.25) is 0 Å². The molecule has 0 spiro atoms. The van der Waals surface area contributed by atoms with Gasteiger partial charge in [-0.15, -0.1) is 0 Å². The van der Waals surface area contributed by atoms with Crippen molar-refractivity contribution in [2.45, 2.75) is 20.0 Å². The van der Waals surface area contributed by atoms with E-state index < -0.39 is 28.5 Å². The Labute approximate surface area is 109 Å². The van der Waals surface area contributed by atoms with E-state index in [1.54, 1.807) is 0 Å². The van der Waals surface area contributed by atoms with Crippen LogP contribution in [0.3, 0.4) is 0 Å². The van der Waals surface area contributed by atoms with Crippen molar-refractivity contribution in [2.24, 2.45) is 5.10 Å². The zero-order valence-corrected chi connectivity index (χ0v) is 12.2. The van der Waals surface area contributed by atoms with Crippen LogP contribution in [-0.2, 0) is 9.53 Å². The molecule has 4 nitrogen and oxygen atoms in total. The Morgan fingerprint density at radius 1 is 1.53 bits per heavy atom. The summed E-state index contributed by atoms with van der Waals surface area (Å²) in [6.45, 7) is 2.51. The van der Waals surface area contributed by atoms with Crippen LogP contribution in [0.1, 0.15) is 13.8 Å². The summed E-state index contributed by atoms with van der Waals surface area (Å²) >= 11 is 5.76. The average molecular weight is 287 g/mol. The zero-order valence-electron chi connectivity index (χ0n) is 9.48. The monoisotopic (exact) mass is 286 g/mol. The first-order valence-electron chi connectivity index (χ1n) is 4.61. The second-order valence-corrected chi connectivity index (χ2v) is 3.65. The van der Waals surface area contributed by atoms with Crippen LogP contribution in [0.15, 0.2) is 15.7 Å². The molecule has 0 aliphatic carbocycles. The van der Waals surface area contributed by atoms with Gasteiger partial charge in [0, 0.05) is 0 Å². The van der Waals surface area contributed by atoms with Crippen molar-refractivity contribution in [1.29, 1.82) is 0 Å². The van der Waals surface area contributed by atoms with E-state index in [0.29, 0.717) is 16.5 Å². The van der Waals surface area contributed by atoms with Crippen LogP contribution in [0.25, 0.3) is 0 Å². The number of alkyl halides is 3. The third-order valence-electron chi connectivity index (χ3n) is 1.60. The lowest BCUT2D eigenvalue weighted by atomic mass is 10.1. The van der Waals surface area contributed by atoms with Crippen molar-refractivity contribution in [3.63, 3.8) is 0 Å². The molecule has 0 aliphatic heterocycles. The largest absolute Gasteiger partial charge is 0.462 e. The van der Waals surface area contributed by atoms with Gasteiger partial charge >= 0.3 is 28.7 Å². The summed E-state index contributed by atoms with van der Waals surface area (Å²) in [6, 6.07) is 0. The second-order valence-electron chi connectivity index (χ2n) is 2.83. The maximum absolute atomic E-state index is 12.7. The smallest absolute Gasteiger partial charge is 0.419 e. The lowest BCUT2D eigenvalue weighted by Gasteiger charge is -2.13. The van der Waals surface area contributed by atoms with Gasteiger partial charge in [-0.2, -0.15) is 13.2 Å². The first-order chi connectivity index (χ1) is 7.75. The number of rotatable bonds is 4. The van der Waals surface area contributed by atoms with Gasteiger partial charge in [0.05, 0.1) is 12.3 Å². The quantitative estimate of drug-likeness (QED) is 0.277. The van der Waals surface area contributed by atoms with Crippen molar-refractivity contribution in [3.05, 3.63) is 10.6 Å². The van der Waals surface area contributed by atoms with Crippen LogP contribution in [0.2, 0.25) is 0 Å². The molecule has 0 aliphatic rings. The summed E-state index contributed by atoms with van der Waals surface area (Å²) < 4.78 is 44.8. The van der Waals surface area contributed by atoms with E-state index in [-0.39, 0.29) is 6.61 Å². The third-order valence-corrected chi connectivity index (χ3v) is 2.17. The Balaban J connectivity index is 5.53. The van der Waals surface area contributed by atoms with E-state index in [0.717, 1.165) is 6.92 Å². The van der Waals surface area contributed by atoms with Gasteiger partial charge in [-0.1, -0.05) is 11.6 Å².